The first-order valence-electron chi connectivity index (χ1n) is 8.16. The minimum absolute atomic E-state index is 0.0960. The van der Waals surface area contributed by atoms with Gasteiger partial charge in [0, 0.05) is 31.9 Å². The maximum atomic E-state index is 13.0. The SMILES string of the molecule is O=c1[nH]c2ccc(N3CCN(S(=O)(=O)c4ccc(F)cc4)CC3)cc2[nH]1. The van der Waals surface area contributed by atoms with E-state index in [1.807, 2.05) is 18.2 Å². The quantitative estimate of drug-likeness (QED) is 0.725. The molecule has 3 aromatic rings. The fraction of sp³-hybridized carbons (Fsp3) is 0.235. The maximum absolute atomic E-state index is 13.0. The number of benzene rings is 2. The van der Waals surface area contributed by atoms with Crippen LogP contribution in [0.4, 0.5) is 10.1 Å². The van der Waals surface area contributed by atoms with Gasteiger partial charge in [-0.05, 0) is 42.5 Å². The number of H-pyrrole nitrogens is 2. The van der Waals surface area contributed by atoms with Gasteiger partial charge in [-0.3, -0.25) is 0 Å². The molecule has 0 saturated carbocycles. The number of imidazole rings is 1. The zero-order valence-electron chi connectivity index (χ0n) is 13.8. The Labute approximate surface area is 149 Å². The number of halogens is 1. The molecule has 9 heteroatoms. The summed E-state index contributed by atoms with van der Waals surface area (Å²) in [5, 5.41) is 0. The lowest BCUT2D eigenvalue weighted by Gasteiger charge is -2.35. The van der Waals surface area contributed by atoms with Crippen LogP contribution in [0.1, 0.15) is 0 Å². The summed E-state index contributed by atoms with van der Waals surface area (Å²) in [4.78, 5) is 18.9. The van der Waals surface area contributed by atoms with Gasteiger partial charge in [0.05, 0.1) is 15.9 Å². The minimum atomic E-state index is -3.63. The number of aromatic amines is 2. The molecule has 1 aliphatic rings. The second-order valence-electron chi connectivity index (χ2n) is 6.15. The van der Waals surface area contributed by atoms with Crippen LogP contribution in [0.5, 0.6) is 0 Å². The van der Waals surface area contributed by atoms with Gasteiger partial charge in [0.1, 0.15) is 5.82 Å². The van der Waals surface area contributed by atoms with Gasteiger partial charge in [0.25, 0.3) is 0 Å². The van der Waals surface area contributed by atoms with Crippen LogP contribution < -0.4 is 10.6 Å². The first-order chi connectivity index (χ1) is 12.4. The van der Waals surface area contributed by atoms with Crippen molar-refractivity contribution >= 4 is 26.7 Å². The van der Waals surface area contributed by atoms with Crippen LogP contribution in [-0.2, 0) is 10.0 Å². The van der Waals surface area contributed by atoms with E-state index in [9.17, 15) is 17.6 Å². The number of nitrogens with zero attached hydrogens (tertiary/aromatic N) is 2. The lowest BCUT2D eigenvalue weighted by molar-refractivity contribution is 0.385. The fourth-order valence-electron chi connectivity index (χ4n) is 3.16. The number of anilines is 1. The van der Waals surface area contributed by atoms with Crippen LogP contribution in [0.15, 0.2) is 52.2 Å². The molecule has 1 fully saturated rings. The second kappa shape index (κ2) is 6.26. The molecule has 4 rings (SSSR count). The number of rotatable bonds is 3. The Hall–Kier alpha value is -2.65. The topological polar surface area (TPSA) is 89.3 Å². The lowest BCUT2D eigenvalue weighted by atomic mass is 10.2. The molecule has 136 valence electrons. The molecule has 26 heavy (non-hydrogen) atoms. The minimum Gasteiger partial charge on any atom is -0.369 e. The molecule has 0 bridgehead atoms. The van der Waals surface area contributed by atoms with Crippen molar-refractivity contribution in [3.05, 3.63) is 58.8 Å². The molecule has 2 aromatic carbocycles. The molecule has 2 N–H and O–H groups in total. The van der Waals surface area contributed by atoms with E-state index >= 15 is 0 Å². The summed E-state index contributed by atoms with van der Waals surface area (Å²) >= 11 is 0. The fourth-order valence-corrected chi connectivity index (χ4v) is 4.58. The zero-order chi connectivity index (χ0) is 18.3. The summed E-state index contributed by atoms with van der Waals surface area (Å²) < 4.78 is 39.8. The van der Waals surface area contributed by atoms with Gasteiger partial charge in [-0.15, -0.1) is 0 Å². The van der Waals surface area contributed by atoms with Crippen molar-refractivity contribution in [2.45, 2.75) is 4.90 Å². The highest BCUT2D eigenvalue weighted by Crippen LogP contribution is 2.23. The Bertz CT molecular complexity index is 1100. The van der Waals surface area contributed by atoms with Crippen molar-refractivity contribution in [2.24, 2.45) is 0 Å². The Morgan fingerprint density at radius 2 is 1.54 bits per heavy atom. The van der Waals surface area contributed by atoms with E-state index in [0.717, 1.165) is 23.3 Å². The molecular weight excluding hydrogens is 359 g/mol. The summed E-state index contributed by atoms with van der Waals surface area (Å²) in [6.07, 6.45) is 0. The largest absolute Gasteiger partial charge is 0.369 e. The second-order valence-corrected chi connectivity index (χ2v) is 8.09. The average molecular weight is 376 g/mol. The molecule has 0 unspecified atom stereocenters. The smallest absolute Gasteiger partial charge is 0.323 e. The predicted molar refractivity (Wildman–Crippen MR) is 96.3 cm³/mol. The third-order valence-electron chi connectivity index (χ3n) is 4.55. The van der Waals surface area contributed by atoms with E-state index in [4.69, 9.17) is 0 Å². The van der Waals surface area contributed by atoms with Crippen LogP contribution >= 0.6 is 0 Å². The predicted octanol–water partition coefficient (Wildman–Crippen LogP) is 1.51. The van der Waals surface area contributed by atoms with Crippen LogP contribution in [0.2, 0.25) is 0 Å². The summed E-state index contributed by atoms with van der Waals surface area (Å²) in [5.74, 6) is -0.466. The first-order valence-corrected chi connectivity index (χ1v) is 9.60. The van der Waals surface area contributed by atoms with E-state index in [-0.39, 0.29) is 10.6 Å². The van der Waals surface area contributed by atoms with Gasteiger partial charge >= 0.3 is 5.69 Å². The van der Waals surface area contributed by atoms with E-state index in [2.05, 4.69) is 14.9 Å². The van der Waals surface area contributed by atoms with Gasteiger partial charge in [-0.2, -0.15) is 4.31 Å². The summed E-state index contributed by atoms with van der Waals surface area (Å²) in [6.45, 7) is 1.73. The molecule has 7 nitrogen and oxygen atoms in total. The Kier molecular flexibility index (Phi) is 4.04. The summed E-state index contributed by atoms with van der Waals surface area (Å²) in [5.41, 5.74) is 2.11. The van der Waals surface area contributed by atoms with Crippen molar-refractivity contribution in [2.75, 3.05) is 31.1 Å². The van der Waals surface area contributed by atoms with Crippen LogP contribution in [0.3, 0.4) is 0 Å². The highest BCUT2D eigenvalue weighted by atomic mass is 32.2. The molecule has 1 aliphatic heterocycles. The summed E-state index contributed by atoms with van der Waals surface area (Å²) in [7, 11) is -3.63. The van der Waals surface area contributed by atoms with Gasteiger partial charge in [0.2, 0.25) is 10.0 Å². The molecule has 0 aliphatic carbocycles. The average Bonchev–Trinajstić information content (AvgIpc) is 3.01. The Morgan fingerprint density at radius 1 is 0.885 bits per heavy atom. The monoisotopic (exact) mass is 376 g/mol. The highest BCUT2D eigenvalue weighted by Gasteiger charge is 2.28. The first kappa shape index (κ1) is 16.8. The molecule has 2 heterocycles. The third-order valence-corrected chi connectivity index (χ3v) is 6.47. The van der Waals surface area contributed by atoms with E-state index in [1.54, 1.807) is 0 Å². The molecule has 0 radical (unpaired) electrons. The Morgan fingerprint density at radius 3 is 2.23 bits per heavy atom. The number of aromatic nitrogens is 2. The van der Waals surface area contributed by atoms with E-state index in [1.165, 1.54) is 16.4 Å². The molecule has 0 atom stereocenters. The Balaban J connectivity index is 1.50. The van der Waals surface area contributed by atoms with Crippen LogP contribution in [-0.4, -0.2) is 48.9 Å². The number of hydrogen-bond donors (Lipinski definition) is 2. The van der Waals surface area contributed by atoms with E-state index in [0.29, 0.717) is 31.7 Å². The molecular formula is C17H17FN4O3S. The highest BCUT2D eigenvalue weighted by molar-refractivity contribution is 7.89. The summed E-state index contributed by atoms with van der Waals surface area (Å²) in [6, 6.07) is 10.5. The molecule has 0 amide bonds. The van der Waals surface area contributed by atoms with Crippen molar-refractivity contribution < 1.29 is 12.8 Å². The van der Waals surface area contributed by atoms with Gasteiger partial charge < -0.3 is 14.9 Å². The number of nitrogens with one attached hydrogen (secondary N) is 2. The van der Waals surface area contributed by atoms with Gasteiger partial charge in [0.15, 0.2) is 0 Å². The zero-order valence-corrected chi connectivity index (χ0v) is 14.6. The van der Waals surface area contributed by atoms with Crippen molar-refractivity contribution in [1.29, 1.82) is 0 Å². The van der Waals surface area contributed by atoms with Gasteiger partial charge in [-0.25, -0.2) is 17.6 Å². The van der Waals surface area contributed by atoms with Crippen LogP contribution in [0, 0.1) is 5.82 Å². The van der Waals surface area contributed by atoms with Crippen molar-refractivity contribution in [3.8, 4) is 0 Å². The van der Waals surface area contributed by atoms with Gasteiger partial charge in [-0.1, -0.05) is 0 Å². The lowest BCUT2D eigenvalue weighted by Crippen LogP contribution is -2.48. The molecule has 0 spiro atoms. The standard InChI is InChI=1S/C17H17FN4O3S/c18-12-1-4-14(5-2-12)26(24,25)22-9-7-21(8-10-22)13-3-6-15-16(11-13)20-17(23)19-15/h1-6,11H,7-10H2,(H2,19,20,23). The molecule has 1 saturated heterocycles. The van der Waals surface area contributed by atoms with Crippen molar-refractivity contribution in [3.63, 3.8) is 0 Å². The number of fused-ring (bicyclic) bond motifs is 1. The van der Waals surface area contributed by atoms with Crippen LogP contribution in [0.25, 0.3) is 11.0 Å². The maximum Gasteiger partial charge on any atom is 0.323 e. The number of piperazine rings is 1. The molecule has 1 aromatic heterocycles. The normalized spacial score (nSPS) is 16.3. The third kappa shape index (κ3) is 2.99. The number of sulfonamides is 1. The van der Waals surface area contributed by atoms with Crippen molar-refractivity contribution in [1.82, 2.24) is 14.3 Å². The van der Waals surface area contributed by atoms with E-state index < -0.39 is 15.8 Å². The number of hydrogen-bond acceptors (Lipinski definition) is 4.